The van der Waals surface area contributed by atoms with Gasteiger partial charge in [0.25, 0.3) is 11.8 Å². The number of phenols is 1. The molecule has 2 heterocycles. The first-order valence-corrected chi connectivity index (χ1v) is 13.0. The summed E-state index contributed by atoms with van der Waals surface area (Å²) in [6, 6.07) is 4.67. The quantitative estimate of drug-likeness (QED) is 0.353. The SMILES string of the molecule is CCCN1C(=O)[C@H]2[C@H](CC=C3[C@H]2C[C@@]2(Cl)C(=O)N(C)C(=O)[C@@]2(Cl)[C@H]3c2ccc(O)c(OCC)c2)C1=O. The molecule has 5 rings (SSSR count). The predicted molar refractivity (Wildman–Crippen MR) is 132 cm³/mol. The molecular formula is C26H28Cl2N2O6. The standard InChI is InChI=1S/C26H28Cl2N2O6/c1-4-10-30-21(32)15-8-7-14-16(19(15)22(30)33)12-25(27)23(34)29(3)24(35)26(25,28)20(14)13-6-9-17(31)18(11-13)36-5-2/h6-7,9,11,15-16,19-20,31H,4-5,8,10,12H2,1-3H3/t15-,16+,19-,20-,25+,26-/m0/s1. The fraction of sp³-hybridized carbons (Fsp3) is 0.538. The van der Waals surface area contributed by atoms with Crippen LogP contribution in [0.3, 0.4) is 0 Å². The Hall–Kier alpha value is -2.58. The molecule has 1 saturated carbocycles. The Kier molecular flexibility index (Phi) is 5.91. The van der Waals surface area contributed by atoms with E-state index in [4.69, 9.17) is 27.9 Å². The maximum Gasteiger partial charge on any atom is 0.253 e. The van der Waals surface area contributed by atoms with Crippen LogP contribution >= 0.6 is 23.2 Å². The summed E-state index contributed by atoms with van der Waals surface area (Å²) in [6.07, 6.45) is 2.82. The van der Waals surface area contributed by atoms with E-state index in [0.29, 0.717) is 37.1 Å². The minimum absolute atomic E-state index is 0.0359. The lowest BCUT2D eigenvalue weighted by molar-refractivity contribution is -0.141. The molecule has 36 heavy (non-hydrogen) atoms. The zero-order valence-corrected chi connectivity index (χ0v) is 21.8. The van der Waals surface area contributed by atoms with Crippen LogP contribution in [-0.4, -0.2) is 68.5 Å². The lowest BCUT2D eigenvalue weighted by Crippen LogP contribution is -2.60. The number of amides is 4. The van der Waals surface area contributed by atoms with E-state index in [2.05, 4.69) is 0 Å². The van der Waals surface area contributed by atoms with Gasteiger partial charge in [0, 0.05) is 19.5 Å². The largest absolute Gasteiger partial charge is 0.504 e. The number of carbonyl (C=O) groups is 4. The lowest BCUT2D eigenvalue weighted by Gasteiger charge is -2.50. The van der Waals surface area contributed by atoms with Crippen LogP contribution in [0.2, 0.25) is 0 Å². The van der Waals surface area contributed by atoms with Gasteiger partial charge < -0.3 is 9.84 Å². The Bertz CT molecular complexity index is 1220. The molecule has 1 aromatic rings. The normalized spacial score (nSPS) is 35.5. The predicted octanol–water partition coefficient (Wildman–Crippen LogP) is 3.19. The van der Waals surface area contributed by atoms with Gasteiger partial charge in [-0.1, -0.05) is 24.6 Å². The number of benzene rings is 1. The van der Waals surface area contributed by atoms with Crippen LogP contribution in [0, 0.1) is 17.8 Å². The highest BCUT2D eigenvalue weighted by Crippen LogP contribution is 2.65. The molecule has 4 aliphatic rings. The zero-order valence-electron chi connectivity index (χ0n) is 20.3. The first-order chi connectivity index (χ1) is 17.0. The summed E-state index contributed by atoms with van der Waals surface area (Å²) in [5, 5.41) is 10.3. The van der Waals surface area contributed by atoms with E-state index in [0.717, 1.165) is 4.90 Å². The highest BCUT2D eigenvalue weighted by Gasteiger charge is 2.75. The van der Waals surface area contributed by atoms with Crippen molar-refractivity contribution < 1.29 is 29.0 Å². The van der Waals surface area contributed by atoms with Crippen LogP contribution in [0.15, 0.2) is 29.8 Å². The molecule has 6 atom stereocenters. The average Bonchev–Trinajstić information content (AvgIpc) is 3.16. The van der Waals surface area contributed by atoms with Gasteiger partial charge in [0.1, 0.15) is 0 Å². The maximum atomic E-state index is 13.5. The van der Waals surface area contributed by atoms with E-state index in [1.165, 1.54) is 18.0 Å². The number of carbonyl (C=O) groups excluding carboxylic acids is 4. The second kappa shape index (κ2) is 8.48. The Morgan fingerprint density at radius 1 is 1.08 bits per heavy atom. The van der Waals surface area contributed by atoms with Crippen molar-refractivity contribution in [2.75, 3.05) is 20.2 Å². The van der Waals surface area contributed by atoms with Crippen molar-refractivity contribution in [3.63, 3.8) is 0 Å². The van der Waals surface area contributed by atoms with Gasteiger partial charge in [-0.3, -0.25) is 29.0 Å². The summed E-state index contributed by atoms with van der Waals surface area (Å²) in [7, 11) is 1.35. The average molecular weight is 535 g/mol. The molecule has 3 fully saturated rings. The Balaban J connectivity index is 1.71. The molecule has 0 unspecified atom stereocenters. The molecule has 1 aromatic carbocycles. The van der Waals surface area contributed by atoms with Crippen LogP contribution in [-0.2, 0) is 19.2 Å². The fourth-order valence-electron chi connectivity index (χ4n) is 6.61. The summed E-state index contributed by atoms with van der Waals surface area (Å²) in [6.45, 7) is 4.31. The topological polar surface area (TPSA) is 104 Å². The van der Waals surface area contributed by atoms with Gasteiger partial charge in [-0.25, -0.2) is 0 Å². The van der Waals surface area contributed by atoms with Crippen LogP contribution in [0.4, 0.5) is 0 Å². The van der Waals surface area contributed by atoms with Crippen LogP contribution < -0.4 is 4.74 Å². The summed E-state index contributed by atoms with van der Waals surface area (Å²) >= 11 is 14.2. The van der Waals surface area contributed by atoms with Gasteiger partial charge in [0.2, 0.25) is 11.8 Å². The number of hydrogen-bond acceptors (Lipinski definition) is 6. The Labute approximate surface area is 219 Å². The van der Waals surface area contributed by atoms with Crippen molar-refractivity contribution in [3.05, 3.63) is 35.4 Å². The van der Waals surface area contributed by atoms with Crippen molar-refractivity contribution in [1.29, 1.82) is 0 Å². The van der Waals surface area contributed by atoms with Gasteiger partial charge >= 0.3 is 0 Å². The molecule has 2 aliphatic carbocycles. The van der Waals surface area contributed by atoms with Gasteiger partial charge in [-0.05, 0) is 49.8 Å². The molecule has 0 spiro atoms. The van der Waals surface area contributed by atoms with Crippen molar-refractivity contribution in [1.82, 2.24) is 9.80 Å². The summed E-state index contributed by atoms with van der Waals surface area (Å²) < 4.78 is 5.57. The molecule has 1 N–H and O–H groups in total. The molecule has 4 amide bonds. The second-order valence-electron chi connectivity index (χ2n) is 9.99. The number of halogens is 2. The van der Waals surface area contributed by atoms with Crippen LogP contribution in [0.1, 0.15) is 44.6 Å². The van der Waals surface area contributed by atoms with Crippen molar-refractivity contribution in [2.45, 2.75) is 48.8 Å². The van der Waals surface area contributed by atoms with Gasteiger partial charge in [-0.2, -0.15) is 0 Å². The van der Waals surface area contributed by atoms with Crippen molar-refractivity contribution in [3.8, 4) is 11.5 Å². The number of phenolic OH excluding ortho intramolecular Hbond substituents is 1. The Morgan fingerprint density at radius 2 is 1.81 bits per heavy atom. The molecule has 192 valence electrons. The fourth-order valence-corrected chi connectivity index (χ4v) is 7.63. The van der Waals surface area contributed by atoms with E-state index < -0.39 is 45.2 Å². The molecule has 10 heteroatoms. The Morgan fingerprint density at radius 3 is 2.47 bits per heavy atom. The van der Waals surface area contributed by atoms with Crippen LogP contribution in [0.5, 0.6) is 11.5 Å². The van der Waals surface area contributed by atoms with E-state index in [-0.39, 0.29) is 29.7 Å². The first-order valence-electron chi connectivity index (χ1n) is 12.2. The van der Waals surface area contributed by atoms with Gasteiger partial charge in [0.05, 0.1) is 18.4 Å². The molecule has 0 bridgehead atoms. The van der Waals surface area contributed by atoms with E-state index in [1.807, 2.05) is 13.0 Å². The summed E-state index contributed by atoms with van der Waals surface area (Å²) in [5.41, 5.74) is 1.25. The van der Waals surface area contributed by atoms with Crippen molar-refractivity contribution in [2.24, 2.45) is 17.8 Å². The minimum atomic E-state index is -1.86. The number of allylic oxidation sites excluding steroid dienone is 2. The summed E-state index contributed by atoms with van der Waals surface area (Å²) in [4.78, 5) is 52.1. The number of hydrogen-bond donors (Lipinski definition) is 1. The lowest BCUT2D eigenvalue weighted by atomic mass is 9.56. The second-order valence-corrected chi connectivity index (χ2v) is 11.2. The molecule has 0 aromatic heterocycles. The molecule has 0 radical (unpaired) electrons. The first kappa shape index (κ1) is 25.1. The van der Waals surface area contributed by atoms with Gasteiger partial charge in [0.15, 0.2) is 21.2 Å². The van der Waals surface area contributed by atoms with E-state index in [9.17, 15) is 24.3 Å². The van der Waals surface area contributed by atoms with Gasteiger partial charge in [-0.15, -0.1) is 23.2 Å². The number of aromatic hydroxyl groups is 1. The highest BCUT2D eigenvalue weighted by molar-refractivity contribution is 6.53. The smallest absolute Gasteiger partial charge is 0.253 e. The van der Waals surface area contributed by atoms with E-state index in [1.54, 1.807) is 19.1 Å². The van der Waals surface area contributed by atoms with Crippen LogP contribution in [0.25, 0.3) is 0 Å². The molecular weight excluding hydrogens is 507 g/mol. The molecule has 2 saturated heterocycles. The van der Waals surface area contributed by atoms with Crippen molar-refractivity contribution >= 4 is 46.8 Å². The zero-order chi connectivity index (χ0) is 26.2. The molecule has 2 aliphatic heterocycles. The minimum Gasteiger partial charge on any atom is -0.504 e. The maximum absolute atomic E-state index is 13.5. The number of likely N-dealkylation sites (tertiary alicyclic amines) is 2. The number of nitrogens with zero attached hydrogens (tertiary/aromatic N) is 2. The number of imide groups is 2. The number of rotatable bonds is 5. The van der Waals surface area contributed by atoms with E-state index >= 15 is 0 Å². The third-order valence-electron chi connectivity index (χ3n) is 8.17. The third kappa shape index (κ3) is 3.06. The molecule has 8 nitrogen and oxygen atoms in total. The monoisotopic (exact) mass is 534 g/mol. The number of ether oxygens (including phenoxy) is 1. The third-order valence-corrected chi connectivity index (χ3v) is 9.58. The highest BCUT2D eigenvalue weighted by atomic mass is 35.5. The number of fused-ring (bicyclic) bond motifs is 4. The number of alkyl halides is 2. The summed E-state index contributed by atoms with van der Waals surface area (Å²) in [5.74, 6) is -4.24.